The SMILES string of the molecule is CCC(C)(N)c1ccc(F)c(F)c1F. The van der Waals surface area contributed by atoms with Crippen molar-refractivity contribution in [2.75, 3.05) is 0 Å². The second-order valence-corrected chi connectivity index (χ2v) is 3.49. The average Bonchev–Trinajstić information content (AvgIpc) is 2.14. The Balaban J connectivity index is 3.31. The highest BCUT2D eigenvalue weighted by Gasteiger charge is 2.25. The lowest BCUT2D eigenvalue weighted by Crippen LogP contribution is -2.33. The first kappa shape index (κ1) is 11.0. The molecule has 14 heavy (non-hydrogen) atoms. The molecule has 0 aliphatic rings. The van der Waals surface area contributed by atoms with E-state index in [4.69, 9.17) is 5.73 Å². The van der Waals surface area contributed by atoms with Crippen molar-refractivity contribution in [3.05, 3.63) is 35.1 Å². The normalized spacial score (nSPS) is 15.3. The van der Waals surface area contributed by atoms with E-state index in [1.807, 2.05) is 0 Å². The molecule has 0 saturated carbocycles. The van der Waals surface area contributed by atoms with E-state index in [0.717, 1.165) is 6.07 Å². The van der Waals surface area contributed by atoms with E-state index < -0.39 is 23.0 Å². The minimum atomic E-state index is -1.47. The Kier molecular flexibility index (Phi) is 2.85. The first-order chi connectivity index (χ1) is 6.40. The Labute approximate surface area is 80.7 Å². The van der Waals surface area contributed by atoms with Gasteiger partial charge in [0.15, 0.2) is 17.5 Å². The molecule has 0 aromatic heterocycles. The molecule has 0 aliphatic heterocycles. The van der Waals surface area contributed by atoms with Crippen molar-refractivity contribution >= 4 is 0 Å². The first-order valence-electron chi connectivity index (χ1n) is 4.33. The van der Waals surface area contributed by atoms with Gasteiger partial charge in [0.1, 0.15) is 0 Å². The fourth-order valence-corrected chi connectivity index (χ4v) is 1.16. The molecule has 1 atom stereocenters. The van der Waals surface area contributed by atoms with Crippen molar-refractivity contribution in [3.63, 3.8) is 0 Å². The smallest absolute Gasteiger partial charge is 0.194 e. The van der Waals surface area contributed by atoms with Crippen LogP contribution in [0.1, 0.15) is 25.8 Å². The molecule has 0 aliphatic carbocycles. The number of rotatable bonds is 2. The summed E-state index contributed by atoms with van der Waals surface area (Å²) in [6.45, 7) is 3.32. The second-order valence-electron chi connectivity index (χ2n) is 3.49. The lowest BCUT2D eigenvalue weighted by molar-refractivity contribution is 0.400. The molecule has 1 aromatic carbocycles. The van der Waals surface area contributed by atoms with Gasteiger partial charge in [0, 0.05) is 11.1 Å². The average molecular weight is 203 g/mol. The van der Waals surface area contributed by atoms with Crippen LogP contribution in [0.15, 0.2) is 12.1 Å². The van der Waals surface area contributed by atoms with Gasteiger partial charge in [0.05, 0.1) is 0 Å². The lowest BCUT2D eigenvalue weighted by atomic mass is 9.90. The van der Waals surface area contributed by atoms with Crippen LogP contribution in [0.2, 0.25) is 0 Å². The molecule has 4 heteroatoms. The second kappa shape index (κ2) is 3.61. The molecule has 78 valence electrons. The Morgan fingerprint density at radius 2 is 1.79 bits per heavy atom. The lowest BCUT2D eigenvalue weighted by Gasteiger charge is -2.23. The number of hydrogen-bond acceptors (Lipinski definition) is 1. The van der Waals surface area contributed by atoms with E-state index >= 15 is 0 Å². The Bertz CT molecular complexity index is 347. The summed E-state index contributed by atoms with van der Waals surface area (Å²) < 4.78 is 38.7. The number of halogens is 3. The molecule has 0 saturated heterocycles. The number of hydrogen-bond donors (Lipinski definition) is 1. The van der Waals surface area contributed by atoms with Gasteiger partial charge < -0.3 is 5.73 Å². The van der Waals surface area contributed by atoms with Crippen LogP contribution < -0.4 is 5.73 Å². The quantitative estimate of drug-likeness (QED) is 0.735. The summed E-state index contributed by atoms with van der Waals surface area (Å²) in [5, 5.41) is 0. The third-order valence-corrected chi connectivity index (χ3v) is 2.38. The Morgan fingerprint density at radius 3 is 2.29 bits per heavy atom. The molecule has 0 amide bonds. The monoisotopic (exact) mass is 203 g/mol. The molecular weight excluding hydrogens is 191 g/mol. The van der Waals surface area contributed by atoms with Gasteiger partial charge in [0.25, 0.3) is 0 Å². The van der Waals surface area contributed by atoms with Crippen LogP contribution >= 0.6 is 0 Å². The Hall–Kier alpha value is -1.03. The van der Waals surface area contributed by atoms with E-state index in [1.54, 1.807) is 13.8 Å². The molecule has 0 fully saturated rings. The number of benzene rings is 1. The highest BCUT2D eigenvalue weighted by molar-refractivity contribution is 5.26. The third kappa shape index (κ3) is 1.75. The first-order valence-corrected chi connectivity index (χ1v) is 4.33. The maximum absolute atomic E-state index is 13.3. The van der Waals surface area contributed by atoms with Crippen molar-refractivity contribution in [3.8, 4) is 0 Å². The molecule has 1 unspecified atom stereocenters. The summed E-state index contributed by atoms with van der Waals surface area (Å²) in [4.78, 5) is 0. The molecule has 0 heterocycles. The van der Waals surface area contributed by atoms with Crippen LogP contribution in [0.3, 0.4) is 0 Å². The van der Waals surface area contributed by atoms with Gasteiger partial charge in [-0.25, -0.2) is 13.2 Å². The van der Waals surface area contributed by atoms with Crippen LogP contribution in [0.4, 0.5) is 13.2 Å². The predicted molar refractivity (Wildman–Crippen MR) is 48.1 cm³/mol. The molecule has 0 radical (unpaired) electrons. The van der Waals surface area contributed by atoms with Crippen LogP contribution in [0.5, 0.6) is 0 Å². The molecule has 0 bridgehead atoms. The zero-order valence-electron chi connectivity index (χ0n) is 8.07. The summed E-state index contributed by atoms with van der Waals surface area (Å²) in [5.41, 5.74) is 4.75. The highest BCUT2D eigenvalue weighted by atomic mass is 19.2. The maximum atomic E-state index is 13.3. The van der Waals surface area contributed by atoms with Crippen molar-refractivity contribution < 1.29 is 13.2 Å². The van der Waals surface area contributed by atoms with Gasteiger partial charge in [-0.2, -0.15) is 0 Å². The largest absolute Gasteiger partial charge is 0.322 e. The van der Waals surface area contributed by atoms with Gasteiger partial charge >= 0.3 is 0 Å². The third-order valence-electron chi connectivity index (χ3n) is 2.38. The molecule has 1 nitrogen and oxygen atoms in total. The highest BCUT2D eigenvalue weighted by Crippen LogP contribution is 2.26. The summed E-state index contributed by atoms with van der Waals surface area (Å²) in [5.74, 6) is -3.86. The fourth-order valence-electron chi connectivity index (χ4n) is 1.16. The van der Waals surface area contributed by atoms with Gasteiger partial charge in [-0.1, -0.05) is 13.0 Å². The summed E-state index contributed by atoms with van der Waals surface area (Å²) in [7, 11) is 0. The van der Waals surface area contributed by atoms with Crippen molar-refractivity contribution in [2.24, 2.45) is 5.73 Å². The molecule has 2 N–H and O–H groups in total. The maximum Gasteiger partial charge on any atom is 0.194 e. The summed E-state index contributed by atoms with van der Waals surface area (Å²) in [6.07, 6.45) is 0.439. The minimum absolute atomic E-state index is 0.00102. The van der Waals surface area contributed by atoms with Crippen LogP contribution in [-0.2, 0) is 5.54 Å². The topological polar surface area (TPSA) is 26.0 Å². The number of nitrogens with two attached hydrogens (primary N) is 1. The van der Waals surface area contributed by atoms with Gasteiger partial charge in [0.2, 0.25) is 0 Å². The van der Waals surface area contributed by atoms with Crippen molar-refractivity contribution in [1.82, 2.24) is 0 Å². The van der Waals surface area contributed by atoms with E-state index in [9.17, 15) is 13.2 Å². The predicted octanol–water partition coefficient (Wildman–Crippen LogP) is 2.69. The molecule has 0 spiro atoms. The van der Waals surface area contributed by atoms with Crippen molar-refractivity contribution in [1.29, 1.82) is 0 Å². The summed E-state index contributed by atoms with van der Waals surface area (Å²) >= 11 is 0. The standard InChI is InChI=1S/C10H12F3N/c1-3-10(2,14)6-4-5-7(11)9(13)8(6)12/h4-5H,3,14H2,1-2H3. The van der Waals surface area contributed by atoms with Crippen LogP contribution in [0.25, 0.3) is 0 Å². The van der Waals surface area contributed by atoms with Crippen LogP contribution in [0, 0.1) is 17.5 Å². The zero-order valence-corrected chi connectivity index (χ0v) is 8.07. The molecule has 1 rings (SSSR count). The van der Waals surface area contributed by atoms with E-state index in [1.165, 1.54) is 6.07 Å². The summed E-state index contributed by atoms with van der Waals surface area (Å²) in [6, 6.07) is 2.06. The van der Waals surface area contributed by atoms with E-state index in [0.29, 0.717) is 6.42 Å². The zero-order chi connectivity index (χ0) is 10.9. The minimum Gasteiger partial charge on any atom is -0.322 e. The molecule has 1 aromatic rings. The van der Waals surface area contributed by atoms with E-state index in [2.05, 4.69) is 0 Å². The molecular formula is C10H12F3N. The Morgan fingerprint density at radius 1 is 1.21 bits per heavy atom. The van der Waals surface area contributed by atoms with Crippen LogP contribution in [-0.4, -0.2) is 0 Å². The van der Waals surface area contributed by atoms with E-state index in [-0.39, 0.29) is 5.56 Å². The van der Waals surface area contributed by atoms with Gasteiger partial charge in [-0.3, -0.25) is 0 Å². The van der Waals surface area contributed by atoms with Gasteiger partial charge in [-0.15, -0.1) is 0 Å². The van der Waals surface area contributed by atoms with Gasteiger partial charge in [-0.05, 0) is 19.4 Å². The fraction of sp³-hybridized carbons (Fsp3) is 0.400. The van der Waals surface area contributed by atoms with Crippen molar-refractivity contribution in [2.45, 2.75) is 25.8 Å².